The topological polar surface area (TPSA) is 195 Å². The number of benzene rings is 1. The van der Waals surface area contributed by atoms with Gasteiger partial charge in [-0.3, -0.25) is 19.2 Å². The molecular formula is C27H37N5O7. The van der Waals surface area contributed by atoms with Crippen LogP contribution in [0.4, 0.5) is 0 Å². The predicted molar refractivity (Wildman–Crippen MR) is 143 cm³/mol. The summed E-state index contributed by atoms with van der Waals surface area (Å²) in [4.78, 5) is 66.8. The number of carbonyl (C=O) groups excluding carboxylic acids is 3. The first kappa shape index (κ1) is 29.6. The van der Waals surface area contributed by atoms with Crippen molar-refractivity contribution in [3.05, 3.63) is 36.0 Å². The molecule has 1 aliphatic rings. The summed E-state index contributed by atoms with van der Waals surface area (Å²) in [5.74, 6) is -4.22. The SMILES string of the molecule is CCC(C)C(NC(=O)C(N)CCC(=O)O)C(=O)N1CCCC1C(=O)NC(Cc1c[nH]c2ccccc12)C(=O)O. The first-order chi connectivity index (χ1) is 18.5. The lowest BCUT2D eigenvalue weighted by Crippen LogP contribution is -2.58. The first-order valence-corrected chi connectivity index (χ1v) is 13.2. The van der Waals surface area contributed by atoms with Crippen molar-refractivity contribution in [2.24, 2.45) is 11.7 Å². The Morgan fingerprint density at radius 1 is 1.15 bits per heavy atom. The van der Waals surface area contributed by atoms with Gasteiger partial charge in [0.1, 0.15) is 18.1 Å². The number of amides is 3. The van der Waals surface area contributed by atoms with Gasteiger partial charge >= 0.3 is 11.9 Å². The zero-order chi connectivity index (χ0) is 28.7. The summed E-state index contributed by atoms with van der Waals surface area (Å²) in [6.45, 7) is 3.93. The summed E-state index contributed by atoms with van der Waals surface area (Å²) in [6.07, 6.45) is 2.87. The number of H-pyrrole nitrogens is 1. The molecule has 0 spiro atoms. The molecule has 3 amide bonds. The smallest absolute Gasteiger partial charge is 0.326 e. The van der Waals surface area contributed by atoms with Crippen molar-refractivity contribution in [3.63, 3.8) is 0 Å². The average Bonchev–Trinajstić information content (AvgIpc) is 3.56. The van der Waals surface area contributed by atoms with Crippen LogP contribution in [0.1, 0.15) is 51.5 Å². The van der Waals surface area contributed by atoms with E-state index >= 15 is 0 Å². The molecule has 12 nitrogen and oxygen atoms in total. The lowest BCUT2D eigenvalue weighted by molar-refractivity contribution is -0.145. The number of aromatic nitrogens is 1. The van der Waals surface area contributed by atoms with Gasteiger partial charge in [-0.15, -0.1) is 0 Å². The van der Waals surface area contributed by atoms with E-state index < -0.39 is 53.8 Å². The molecule has 12 heteroatoms. The summed E-state index contributed by atoms with van der Waals surface area (Å²) in [5, 5.41) is 24.8. The summed E-state index contributed by atoms with van der Waals surface area (Å²) in [5.41, 5.74) is 7.44. The van der Waals surface area contributed by atoms with Crippen molar-refractivity contribution < 1.29 is 34.2 Å². The second kappa shape index (κ2) is 13.2. The van der Waals surface area contributed by atoms with Gasteiger partial charge < -0.3 is 36.5 Å². The highest BCUT2D eigenvalue weighted by Crippen LogP contribution is 2.23. The highest BCUT2D eigenvalue weighted by Gasteiger charge is 2.40. The number of hydrogen-bond donors (Lipinski definition) is 6. The van der Waals surface area contributed by atoms with Crippen LogP contribution in [0.15, 0.2) is 30.5 Å². The van der Waals surface area contributed by atoms with Crippen molar-refractivity contribution in [2.45, 2.75) is 76.5 Å². The Kier molecular flexibility index (Phi) is 10.0. The Hall–Kier alpha value is -3.93. The number of nitrogens with one attached hydrogen (secondary N) is 3. The van der Waals surface area contributed by atoms with Crippen LogP contribution in [0.5, 0.6) is 0 Å². The number of nitrogens with zero attached hydrogens (tertiary/aromatic N) is 1. The molecule has 5 atom stereocenters. The molecule has 1 fully saturated rings. The molecule has 39 heavy (non-hydrogen) atoms. The van der Waals surface area contributed by atoms with Gasteiger partial charge in [0, 0.05) is 36.5 Å². The number of para-hydroxylation sites is 1. The van der Waals surface area contributed by atoms with Gasteiger partial charge in [-0.2, -0.15) is 0 Å². The Morgan fingerprint density at radius 2 is 1.87 bits per heavy atom. The third-order valence-corrected chi connectivity index (χ3v) is 7.33. The minimum absolute atomic E-state index is 0.0610. The molecular weight excluding hydrogens is 506 g/mol. The maximum absolute atomic E-state index is 13.6. The highest BCUT2D eigenvalue weighted by molar-refractivity contribution is 5.95. The average molecular weight is 544 g/mol. The van der Waals surface area contributed by atoms with Gasteiger partial charge in [0.25, 0.3) is 0 Å². The Bertz CT molecular complexity index is 1210. The molecule has 0 bridgehead atoms. The van der Waals surface area contributed by atoms with Crippen LogP contribution in [-0.4, -0.2) is 80.5 Å². The Balaban J connectivity index is 1.71. The molecule has 1 saturated heterocycles. The van der Waals surface area contributed by atoms with E-state index in [4.69, 9.17) is 10.8 Å². The first-order valence-electron chi connectivity index (χ1n) is 13.2. The number of hydrogen-bond acceptors (Lipinski definition) is 6. The number of carboxylic acid groups (broad SMARTS) is 2. The van der Waals surface area contributed by atoms with Crippen LogP contribution in [-0.2, 0) is 30.4 Å². The zero-order valence-corrected chi connectivity index (χ0v) is 22.2. The molecule has 1 aromatic carbocycles. The molecule has 212 valence electrons. The molecule has 2 heterocycles. The van der Waals surface area contributed by atoms with Crippen LogP contribution < -0.4 is 16.4 Å². The molecule has 5 unspecified atom stereocenters. The fraction of sp³-hybridized carbons (Fsp3) is 0.519. The number of carbonyl (C=O) groups is 5. The van der Waals surface area contributed by atoms with E-state index in [0.29, 0.717) is 19.3 Å². The van der Waals surface area contributed by atoms with Crippen molar-refractivity contribution in [2.75, 3.05) is 6.54 Å². The summed E-state index contributed by atoms with van der Waals surface area (Å²) >= 11 is 0. The monoisotopic (exact) mass is 543 g/mol. The van der Waals surface area contributed by atoms with Crippen LogP contribution in [0.3, 0.4) is 0 Å². The van der Waals surface area contributed by atoms with E-state index in [0.717, 1.165) is 16.5 Å². The second-order valence-corrected chi connectivity index (χ2v) is 10.1. The van der Waals surface area contributed by atoms with Crippen molar-refractivity contribution in [3.8, 4) is 0 Å². The predicted octanol–water partition coefficient (Wildman–Crippen LogP) is 0.994. The summed E-state index contributed by atoms with van der Waals surface area (Å²) < 4.78 is 0. The van der Waals surface area contributed by atoms with Gasteiger partial charge in [0.05, 0.1) is 6.04 Å². The number of rotatable bonds is 13. The lowest BCUT2D eigenvalue weighted by atomic mass is 9.96. The minimum Gasteiger partial charge on any atom is -0.481 e. The Labute approximate surface area is 226 Å². The van der Waals surface area contributed by atoms with E-state index in [9.17, 15) is 29.1 Å². The number of fused-ring (bicyclic) bond motifs is 1. The fourth-order valence-electron chi connectivity index (χ4n) is 4.82. The standard InChI is InChI=1S/C27H37N5O7/c1-3-15(2)23(31-24(35)18(28)10-11-22(33)34)26(37)32-12-6-9-21(32)25(36)30-20(27(38)39)13-16-14-29-19-8-5-4-7-17(16)19/h4-5,7-8,14-15,18,20-21,23,29H,3,6,9-13,28H2,1-2H3,(H,30,36)(H,31,35)(H,33,34)(H,38,39). The summed E-state index contributed by atoms with van der Waals surface area (Å²) in [6, 6.07) is 3.31. The third-order valence-electron chi connectivity index (χ3n) is 7.33. The molecule has 0 aliphatic carbocycles. The quantitative estimate of drug-likeness (QED) is 0.215. The number of aliphatic carboxylic acids is 2. The van der Waals surface area contributed by atoms with Crippen molar-refractivity contribution in [1.82, 2.24) is 20.5 Å². The van der Waals surface area contributed by atoms with Crippen LogP contribution in [0, 0.1) is 5.92 Å². The van der Waals surface area contributed by atoms with Gasteiger partial charge in [-0.1, -0.05) is 38.5 Å². The van der Waals surface area contributed by atoms with E-state index in [2.05, 4.69) is 15.6 Å². The maximum atomic E-state index is 13.6. The number of aromatic amines is 1. The maximum Gasteiger partial charge on any atom is 0.326 e. The molecule has 0 saturated carbocycles. The minimum atomic E-state index is -1.20. The second-order valence-electron chi connectivity index (χ2n) is 10.1. The third kappa shape index (κ3) is 7.34. The molecule has 1 aliphatic heterocycles. The molecule has 1 aromatic heterocycles. The lowest BCUT2D eigenvalue weighted by Gasteiger charge is -2.32. The highest BCUT2D eigenvalue weighted by atomic mass is 16.4. The van der Waals surface area contributed by atoms with Crippen LogP contribution >= 0.6 is 0 Å². The van der Waals surface area contributed by atoms with Crippen molar-refractivity contribution in [1.29, 1.82) is 0 Å². The van der Waals surface area contributed by atoms with E-state index in [-0.39, 0.29) is 31.7 Å². The summed E-state index contributed by atoms with van der Waals surface area (Å²) in [7, 11) is 0. The van der Waals surface area contributed by atoms with Crippen molar-refractivity contribution >= 4 is 40.6 Å². The molecule has 0 radical (unpaired) electrons. The fourth-order valence-corrected chi connectivity index (χ4v) is 4.82. The van der Waals surface area contributed by atoms with Crippen LogP contribution in [0.2, 0.25) is 0 Å². The van der Waals surface area contributed by atoms with Gasteiger partial charge in [-0.05, 0) is 36.8 Å². The number of carboxylic acids is 2. The normalized spacial score (nSPS) is 18.2. The van der Waals surface area contributed by atoms with Gasteiger partial charge in [0.15, 0.2) is 0 Å². The van der Waals surface area contributed by atoms with Gasteiger partial charge in [-0.25, -0.2) is 4.79 Å². The Morgan fingerprint density at radius 3 is 2.54 bits per heavy atom. The number of nitrogens with two attached hydrogens (primary N) is 1. The van der Waals surface area contributed by atoms with E-state index in [1.807, 2.05) is 31.2 Å². The zero-order valence-electron chi connectivity index (χ0n) is 22.2. The van der Waals surface area contributed by atoms with E-state index in [1.165, 1.54) is 4.90 Å². The molecule has 2 aromatic rings. The largest absolute Gasteiger partial charge is 0.481 e. The number of likely N-dealkylation sites (tertiary alicyclic amines) is 1. The van der Waals surface area contributed by atoms with E-state index in [1.54, 1.807) is 13.1 Å². The molecule has 3 rings (SSSR count). The van der Waals surface area contributed by atoms with Gasteiger partial charge in [0.2, 0.25) is 17.7 Å². The molecule has 7 N–H and O–H groups in total. The van der Waals surface area contributed by atoms with Crippen LogP contribution in [0.25, 0.3) is 10.9 Å².